The predicted molar refractivity (Wildman–Crippen MR) is 75.4 cm³/mol. The lowest BCUT2D eigenvalue weighted by Gasteiger charge is -2.29. The van der Waals surface area contributed by atoms with Crippen LogP contribution >= 0.6 is 0 Å². The van der Waals surface area contributed by atoms with Crippen LogP contribution in [0, 0.1) is 11.7 Å². The van der Waals surface area contributed by atoms with Crippen molar-refractivity contribution in [3.05, 3.63) is 29.6 Å². The number of halogens is 1. The molecule has 20 heavy (non-hydrogen) atoms. The lowest BCUT2D eigenvalue weighted by Crippen LogP contribution is -2.34. The second-order valence-electron chi connectivity index (χ2n) is 5.70. The molecule has 1 aromatic carbocycles. The first kappa shape index (κ1) is 13.8. The van der Waals surface area contributed by atoms with Crippen LogP contribution in [0.15, 0.2) is 18.2 Å². The summed E-state index contributed by atoms with van der Waals surface area (Å²) < 4.78 is 25.4. The summed E-state index contributed by atoms with van der Waals surface area (Å²) in [4.78, 5) is 0. The molecule has 0 aliphatic carbocycles. The molecule has 2 saturated heterocycles. The van der Waals surface area contributed by atoms with Crippen molar-refractivity contribution in [3.8, 4) is 5.75 Å². The lowest BCUT2D eigenvalue weighted by atomic mass is 9.81. The smallest absolute Gasteiger partial charge is 0.131 e. The standard InChI is InChI=1S/C16H22FNO2/c1-3-18-16(13-8-11-5-7-15(13)20-11)12-6-4-10(19-2)9-14(12)17/h4,6,9,11,13,15-16,18H,3,5,7-8H2,1-2H3. The fourth-order valence-corrected chi connectivity index (χ4v) is 3.63. The molecule has 2 bridgehead atoms. The number of ether oxygens (including phenoxy) is 2. The van der Waals surface area contributed by atoms with Crippen molar-refractivity contribution in [3.63, 3.8) is 0 Å². The third-order valence-electron chi connectivity index (χ3n) is 4.55. The Balaban J connectivity index is 1.86. The summed E-state index contributed by atoms with van der Waals surface area (Å²) in [7, 11) is 1.56. The van der Waals surface area contributed by atoms with Gasteiger partial charge < -0.3 is 14.8 Å². The maximum absolute atomic E-state index is 14.3. The van der Waals surface area contributed by atoms with E-state index in [1.54, 1.807) is 7.11 Å². The van der Waals surface area contributed by atoms with E-state index in [9.17, 15) is 4.39 Å². The molecule has 2 aliphatic heterocycles. The summed E-state index contributed by atoms with van der Waals surface area (Å²) in [6, 6.07) is 5.17. The van der Waals surface area contributed by atoms with Crippen LogP contribution < -0.4 is 10.1 Å². The third kappa shape index (κ3) is 2.42. The molecule has 0 amide bonds. The lowest BCUT2D eigenvalue weighted by molar-refractivity contribution is 0.0855. The van der Waals surface area contributed by atoms with E-state index in [4.69, 9.17) is 9.47 Å². The summed E-state index contributed by atoms with van der Waals surface area (Å²) in [5, 5.41) is 3.44. The largest absolute Gasteiger partial charge is 0.497 e. The molecule has 0 saturated carbocycles. The van der Waals surface area contributed by atoms with Crippen molar-refractivity contribution in [2.75, 3.05) is 13.7 Å². The van der Waals surface area contributed by atoms with Gasteiger partial charge in [-0.25, -0.2) is 4.39 Å². The summed E-state index contributed by atoms with van der Waals surface area (Å²) in [6.45, 7) is 2.88. The third-order valence-corrected chi connectivity index (χ3v) is 4.55. The number of hydrogen-bond acceptors (Lipinski definition) is 3. The Morgan fingerprint density at radius 2 is 2.30 bits per heavy atom. The fourth-order valence-electron chi connectivity index (χ4n) is 3.63. The summed E-state index contributed by atoms with van der Waals surface area (Å²) in [5.74, 6) is 0.736. The molecular weight excluding hydrogens is 257 g/mol. The van der Waals surface area contributed by atoms with Crippen molar-refractivity contribution in [1.29, 1.82) is 0 Å². The van der Waals surface area contributed by atoms with Gasteiger partial charge in [0.05, 0.1) is 19.3 Å². The molecule has 1 aromatic rings. The van der Waals surface area contributed by atoms with Crippen LogP contribution in [0.4, 0.5) is 4.39 Å². The van der Waals surface area contributed by atoms with Gasteiger partial charge in [-0.15, -0.1) is 0 Å². The molecule has 4 heteroatoms. The molecule has 2 fully saturated rings. The first-order valence-electron chi connectivity index (χ1n) is 7.45. The van der Waals surface area contributed by atoms with E-state index < -0.39 is 0 Å². The number of hydrogen-bond donors (Lipinski definition) is 1. The first-order valence-corrected chi connectivity index (χ1v) is 7.45. The van der Waals surface area contributed by atoms with Gasteiger partial charge in [0.15, 0.2) is 0 Å². The molecule has 4 unspecified atom stereocenters. The van der Waals surface area contributed by atoms with Gasteiger partial charge in [0.2, 0.25) is 0 Å². The average Bonchev–Trinajstić information content (AvgIpc) is 3.07. The highest BCUT2D eigenvalue weighted by molar-refractivity contribution is 5.31. The predicted octanol–water partition coefficient (Wildman–Crippen LogP) is 3.05. The van der Waals surface area contributed by atoms with Crippen molar-refractivity contribution in [1.82, 2.24) is 5.32 Å². The van der Waals surface area contributed by atoms with Crippen LogP contribution in [0.5, 0.6) is 5.75 Å². The molecule has 2 heterocycles. The Morgan fingerprint density at radius 3 is 2.85 bits per heavy atom. The first-order chi connectivity index (χ1) is 9.72. The quantitative estimate of drug-likeness (QED) is 0.898. The Morgan fingerprint density at radius 1 is 1.45 bits per heavy atom. The molecule has 2 aliphatic rings. The number of methoxy groups -OCH3 is 1. The summed E-state index contributed by atoms with van der Waals surface area (Å²) >= 11 is 0. The second-order valence-corrected chi connectivity index (χ2v) is 5.70. The van der Waals surface area contributed by atoms with Crippen molar-refractivity contribution in [2.24, 2.45) is 5.92 Å². The highest BCUT2D eigenvalue weighted by atomic mass is 19.1. The van der Waals surface area contributed by atoms with Crippen molar-refractivity contribution < 1.29 is 13.9 Å². The Kier molecular flexibility index (Phi) is 3.94. The normalized spacial score (nSPS) is 29.6. The van der Waals surface area contributed by atoms with Gasteiger partial charge in [-0.3, -0.25) is 0 Å². The minimum atomic E-state index is -0.196. The minimum absolute atomic E-state index is 0.0289. The monoisotopic (exact) mass is 279 g/mol. The van der Waals surface area contributed by atoms with Crippen molar-refractivity contribution in [2.45, 2.75) is 44.4 Å². The summed E-state index contributed by atoms with van der Waals surface area (Å²) in [5.41, 5.74) is 0.730. The van der Waals surface area contributed by atoms with E-state index in [2.05, 4.69) is 12.2 Å². The molecule has 0 spiro atoms. The van der Waals surface area contributed by atoms with Gasteiger partial charge >= 0.3 is 0 Å². The molecule has 1 N–H and O–H groups in total. The van der Waals surface area contributed by atoms with E-state index in [-0.39, 0.29) is 18.0 Å². The number of rotatable bonds is 5. The molecule has 0 radical (unpaired) electrons. The number of benzene rings is 1. The Hall–Kier alpha value is -1.13. The van der Waals surface area contributed by atoms with E-state index in [1.165, 1.54) is 6.07 Å². The van der Waals surface area contributed by atoms with Gasteiger partial charge in [-0.05, 0) is 31.9 Å². The SMILES string of the molecule is CCNC(c1ccc(OC)cc1F)C1CC2CCC1O2. The molecule has 110 valence electrons. The van der Waals surface area contributed by atoms with E-state index in [1.807, 2.05) is 12.1 Å². The van der Waals surface area contributed by atoms with E-state index >= 15 is 0 Å². The van der Waals surface area contributed by atoms with Crippen LogP contribution in [-0.2, 0) is 4.74 Å². The van der Waals surface area contributed by atoms with Crippen LogP contribution in [-0.4, -0.2) is 25.9 Å². The highest BCUT2D eigenvalue weighted by Gasteiger charge is 2.45. The van der Waals surface area contributed by atoms with Gasteiger partial charge in [-0.2, -0.15) is 0 Å². The Bertz CT molecular complexity index is 480. The minimum Gasteiger partial charge on any atom is -0.497 e. The highest BCUT2D eigenvalue weighted by Crippen LogP contribution is 2.45. The van der Waals surface area contributed by atoms with Crippen LogP contribution in [0.3, 0.4) is 0 Å². The topological polar surface area (TPSA) is 30.5 Å². The average molecular weight is 279 g/mol. The zero-order valence-electron chi connectivity index (χ0n) is 12.1. The maximum atomic E-state index is 14.3. The molecule has 3 rings (SSSR count). The maximum Gasteiger partial charge on any atom is 0.131 e. The molecular formula is C16H22FNO2. The summed E-state index contributed by atoms with van der Waals surface area (Å²) in [6.07, 6.45) is 3.96. The van der Waals surface area contributed by atoms with Gasteiger partial charge in [0.25, 0.3) is 0 Å². The van der Waals surface area contributed by atoms with E-state index in [0.717, 1.165) is 31.4 Å². The van der Waals surface area contributed by atoms with Gasteiger partial charge in [-0.1, -0.05) is 13.0 Å². The zero-order chi connectivity index (χ0) is 14.1. The van der Waals surface area contributed by atoms with Crippen molar-refractivity contribution >= 4 is 0 Å². The number of nitrogens with one attached hydrogen (secondary N) is 1. The number of fused-ring (bicyclic) bond motifs is 2. The fraction of sp³-hybridized carbons (Fsp3) is 0.625. The molecule has 4 atom stereocenters. The van der Waals surface area contributed by atoms with Crippen LogP contribution in [0.1, 0.15) is 37.8 Å². The second kappa shape index (κ2) is 5.70. The van der Waals surface area contributed by atoms with Crippen LogP contribution in [0.2, 0.25) is 0 Å². The van der Waals surface area contributed by atoms with Crippen LogP contribution in [0.25, 0.3) is 0 Å². The van der Waals surface area contributed by atoms with Gasteiger partial charge in [0.1, 0.15) is 11.6 Å². The Labute approximate surface area is 119 Å². The zero-order valence-corrected chi connectivity index (χ0v) is 12.1. The van der Waals surface area contributed by atoms with E-state index in [0.29, 0.717) is 17.8 Å². The molecule has 0 aromatic heterocycles. The van der Waals surface area contributed by atoms with Gasteiger partial charge in [0, 0.05) is 23.6 Å². The molecule has 3 nitrogen and oxygen atoms in total.